The van der Waals surface area contributed by atoms with Crippen LogP contribution in [0, 0.1) is 6.92 Å². The zero-order chi connectivity index (χ0) is 9.97. The Bertz CT molecular complexity index is 332. The van der Waals surface area contributed by atoms with Gasteiger partial charge in [0.1, 0.15) is 4.88 Å². The molecule has 1 aliphatic heterocycles. The number of nitrogens with one attached hydrogen (secondary N) is 2. The fourth-order valence-corrected chi connectivity index (χ4v) is 2.03. The smallest absolute Gasteiger partial charge is 0.265 e. The van der Waals surface area contributed by atoms with Crippen LogP contribution in [-0.4, -0.2) is 34.6 Å². The maximum Gasteiger partial charge on any atom is 0.265 e. The van der Waals surface area contributed by atoms with E-state index >= 15 is 0 Å². The van der Waals surface area contributed by atoms with Crippen molar-refractivity contribution in [3.8, 4) is 0 Å². The monoisotopic (exact) mass is 212 g/mol. The van der Waals surface area contributed by atoms with Crippen LogP contribution in [-0.2, 0) is 0 Å². The Hall–Kier alpha value is -1.01. The average Bonchev–Trinajstić information content (AvgIpc) is 2.75. The summed E-state index contributed by atoms with van der Waals surface area (Å²) in [5.74, 6) is -0.0498. The standard InChI is InChI=1S/C8H12N4OS/c1-5-7(14-12-11-5)8(13)10-6-2-3-9-4-6/h6,9H,2-4H2,1H3,(H,10,13)/t6-/m1/s1. The van der Waals surface area contributed by atoms with E-state index in [2.05, 4.69) is 20.2 Å². The summed E-state index contributed by atoms with van der Waals surface area (Å²) >= 11 is 1.15. The summed E-state index contributed by atoms with van der Waals surface area (Å²) in [5, 5.41) is 9.95. The van der Waals surface area contributed by atoms with Crippen LogP contribution in [0.2, 0.25) is 0 Å². The van der Waals surface area contributed by atoms with Crippen molar-refractivity contribution in [2.75, 3.05) is 13.1 Å². The van der Waals surface area contributed by atoms with Crippen molar-refractivity contribution >= 4 is 17.4 Å². The number of aryl methyl sites for hydroxylation is 1. The molecule has 1 aliphatic rings. The summed E-state index contributed by atoms with van der Waals surface area (Å²) in [6.45, 7) is 3.63. The second kappa shape index (κ2) is 4.02. The molecule has 1 aromatic rings. The third-order valence-electron chi connectivity index (χ3n) is 2.25. The van der Waals surface area contributed by atoms with Crippen LogP contribution in [0.5, 0.6) is 0 Å². The molecule has 2 N–H and O–H groups in total. The Kier molecular flexibility index (Phi) is 2.74. The van der Waals surface area contributed by atoms with Crippen LogP contribution in [0.1, 0.15) is 21.8 Å². The molecule has 1 saturated heterocycles. The molecular weight excluding hydrogens is 200 g/mol. The van der Waals surface area contributed by atoms with Crippen LogP contribution >= 0.6 is 11.5 Å². The quantitative estimate of drug-likeness (QED) is 0.720. The molecule has 0 radical (unpaired) electrons. The highest BCUT2D eigenvalue weighted by Gasteiger charge is 2.20. The summed E-state index contributed by atoms with van der Waals surface area (Å²) in [5.41, 5.74) is 0.707. The van der Waals surface area contributed by atoms with Gasteiger partial charge in [0, 0.05) is 12.6 Å². The SMILES string of the molecule is Cc1nnsc1C(=O)N[C@@H]1CCNC1. The Labute approximate surface area is 86.1 Å². The predicted molar refractivity (Wildman–Crippen MR) is 53.4 cm³/mol. The maximum atomic E-state index is 11.7. The Morgan fingerprint density at radius 1 is 1.71 bits per heavy atom. The average molecular weight is 212 g/mol. The molecule has 0 bridgehead atoms. The first kappa shape index (κ1) is 9.54. The maximum absolute atomic E-state index is 11.7. The van der Waals surface area contributed by atoms with Crippen molar-refractivity contribution in [2.45, 2.75) is 19.4 Å². The van der Waals surface area contributed by atoms with Crippen LogP contribution < -0.4 is 10.6 Å². The molecule has 1 fully saturated rings. The summed E-state index contributed by atoms with van der Waals surface area (Å²) in [4.78, 5) is 12.3. The first-order chi connectivity index (χ1) is 6.77. The molecular formula is C8H12N4OS. The Morgan fingerprint density at radius 2 is 2.57 bits per heavy atom. The number of hydrogen-bond acceptors (Lipinski definition) is 5. The molecule has 5 nitrogen and oxygen atoms in total. The molecule has 2 rings (SSSR count). The van der Waals surface area contributed by atoms with Crippen molar-refractivity contribution in [1.29, 1.82) is 0 Å². The fourth-order valence-electron chi connectivity index (χ4n) is 1.47. The van der Waals surface area contributed by atoms with E-state index in [1.807, 2.05) is 0 Å². The molecule has 2 heterocycles. The highest BCUT2D eigenvalue weighted by Crippen LogP contribution is 2.09. The molecule has 0 aromatic carbocycles. The van der Waals surface area contributed by atoms with Gasteiger partial charge in [0.2, 0.25) is 0 Å². The van der Waals surface area contributed by atoms with Gasteiger partial charge in [0.05, 0.1) is 5.69 Å². The molecule has 76 valence electrons. The van der Waals surface area contributed by atoms with Gasteiger partial charge < -0.3 is 10.6 Å². The van der Waals surface area contributed by atoms with Gasteiger partial charge in [-0.1, -0.05) is 4.49 Å². The minimum Gasteiger partial charge on any atom is -0.347 e. The fraction of sp³-hybridized carbons (Fsp3) is 0.625. The lowest BCUT2D eigenvalue weighted by Crippen LogP contribution is -2.36. The molecule has 1 atom stereocenters. The highest BCUT2D eigenvalue weighted by molar-refractivity contribution is 7.07. The van der Waals surface area contributed by atoms with Crippen LogP contribution in [0.4, 0.5) is 0 Å². The third kappa shape index (κ3) is 1.91. The number of carbonyl (C=O) groups excluding carboxylic acids is 1. The molecule has 0 spiro atoms. The molecule has 6 heteroatoms. The number of nitrogens with zero attached hydrogens (tertiary/aromatic N) is 2. The lowest BCUT2D eigenvalue weighted by atomic mass is 10.2. The third-order valence-corrected chi connectivity index (χ3v) is 3.08. The minimum absolute atomic E-state index is 0.0498. The van der Waals surface area contributed by atoms with Crippen molar-refractivity contribution in [2.24, 2.45) is 0 Å². The second-order valence-electron chi connectivity index (χ2n) is 3.35. The molecule has 0 aliphatic carbocycles. The number of aromatic nitrogens is 2. The minimum atomic E-state index is -0.0498. The van der Waals surface area contributed by atoms with Crippen molar-refractivity contribution < 1.29 is 4.79 Å². The van der Waals surface area contributed by atoms with Crippen molar-refractivity contribution in [1.82, 2.24) is 20.2 Å². The first-order valence-electron chi connectivity index (χ1n) is 4.58. The van der Waals surface area contributed by atoms with Crippen molar-refractivity contribution in [3.05, 3.63) is 10.6 Å². The van der Waals surface area contributed by atoms with Gasteiger partial charge in [-0.2, -0.15) is 0 Å². The molecule has 14 heavy (non-hydrogen) atoms. The lowest BCUT2D eigenvalue weighted by Gasteiger charge is -2.09. The van der Waals surface area contributed by atoms with E-state index in [1.54, 1.807) is 6.92 Å². The normalized spacial score (nSPS) is 21.1. The zero-order valence-corrected chi connectivity index (χ0v) is 8.73. The van der Waals surface area contributed by atoms with Gasteiger partial charge in [-0.3, -0.25) is 4.79 Å². The Morgan fingerprint density at radius 3 is 3.14 bits per heavy atom. The van der Waals surface area contributed by atoms with E-state index in [4.69, 9.17) is 0 Å². The summed E-state index contributed by atoms with van der Waals surface area (Å²) in [7, 11) is 0. The topological polar surface area (TPSA) is 66.9 Å². The lowest BCUT2D eigenvalue weighted by molar-refractivity contribution is 0.0943. The van der Waals surface area contributed by atoms with Gasteiger partial charge in [0.15, 0.2) is 0 Å². The van der Waals surface area contributed by atoms with Crippen LogP contribution in [0.25, 0.3) is 0 Å². The number of carbonyl (C=O) groups is 1. The van der Waals surface area contributed by atoms with Gasteiger partial charge in [-0.15, -0.1) is 5.10 Å². The first-order valence-corrected chi connectivity index (χ1v) is 5.35. The van der Waals surface area contributed by atoms with Crippen LogP contribution in [0.15, 0.2) is 0 Å². The van der Waals surface area contributed by atoms with E-state index in [0.717, 1.165) is 31.0 Å². The molecule has 0 unspecified atom stereocenters. The molecule has 1 amide bonds. The number of rotatable bonds is 2. The van der Waals surface area contributed by atoms with E-state index in [9.17, 15) is 4.79 Å². The van der Waals surface area contributed by atoms with Gasteiger partial charge >= 0.3 is 0 Å². The summed E-state index contributed by atoms with van der Waals surface area (Å²) in [6.07, 6.45) is 0.997. The van der Waals surface area contributed by atoms with Gasteiger partial charge in [-0.05, 0) is 31.4 Å². The predicted octanol–water partition coefficient (Wildman–Crippen LogP) is -0.0618. The van der Waals surface area contributed by atoms with Gasteiger partial charge in [0.25, 0.3) is 5.91 Å². The summed E-state index contributed by atoms with van der Waals surface area (Å²) < 4.78 is 3.73. The number of hydrogen-bond donors (Lipinski definition) is 2. The van der Waals surface area contributed by atoms with E-state index < -0.39 is 0 Å². The summed E-state index contributed by atoms with van der Waals surface area (Å²) in [6, 6.07) is 0.254. The van der Waals surface area contributed by atoms with E-state index in [-0.39, 0.29) is 11.9 Å². The van der Waals surface area contributed by atoms with Crippen LogP contribution in [0.3, 0.4) is 0 Å². The molecule has 0 saturated carbocycles. The van der Waals surface area contributed by atoms with E-state index in [0.29, 0.717) is 10.6 Å². The largest absolute Gasteiger partial charge is 0.347 e. The zero-order valence-electron chi connectivity index (χ0n) is 7.91. The molecule has 1 aromatic heterocycles. The Balaban J connectivity index is 1.98. The van der Waals surface area contributed by atoms with Crippen molar-refractivity contribution in [3.63, 3.8) is 0 Å². The second-order valence-corrected chi connectivity index (χ2v) is 4.10. The number of amides is 1. The van der Waals surface area contributed by atoms with E-state index in [1.165, 1.54) is 0 Å². The van der Waals surface area contributed by atoms with Gasteiger partial charge in [-0.25, -0.2) is 0 Å². The highest BCUT2D eigenvalue weighted by atomic mass is 32.1.